The molecule has 0 aliphatic carbocycles. The van der Waals surface area contributed by atoms with Crippen LogP contribution in [0.5, 0.6) is 0 Å². The van der Waals surface area contributed by atoms with E-state index < -0.39 is 0 Å². The van der Waals surface area contributed by atoms with E-state index in [9.17, 15) is 0 Å². The molecule has 1 atom stereocenters. The average molecular weight is 178 g/mol. The molecule has 72 valence electrons. The van der Waals surface area contributed by atoms with Crippen LogP contribution in [0.3, 0.4) is 0 Å². The second kappa shape index (κ2) is 2.37. The molecule has 1 aromatic rings. The Balaban J connectivity index is 2.52. The molecule has 13 heavy (non-hydrogen) atoms. The fourth-order valence-corrected chi connectivity index (χ4v) is 2.23. The summed E-state index contributed by atoms with van der Waals surface area (Å²) in [6, 6.07) is 0.600. The number of aromatic nitrogens is 2. The molecule has 2 heterocycles. The fraction of sp³-hybridized carbons (Fsp3) is 0.727. The first-order valence-corrected chi connectivity index (χ1v) is 5.03. The Kier molecular flexibility index (Phi) is 1.60. The van der Waals surface area contributed by atoms with Gasteiger partial charge in [0.25, 0.3) is 0 Å². The van der Waals surface area contributed by atoms with Crippen molar-refractivity contribution in [1.29, 1.82) is 0 Å². The number of imidazole rings is 1. The maximum absolute atomic E-state index is 4.49. The Morgan fingerprint density at radius 2 is 2.08 bits per heavy atom. The van der Waals surface area contributed by atoms with Gasteiger partial charge >= 0.3 is 0 Å². The Morgan fingerprint density at radius 3 is 2.62 bits per heavy atom. The highest BCUT2D eigenvalue weighted by Gasteiger charge is 2.44. The molecule has 0 N–H and O–H groups in total. The number of fused-ring (bicyclic) bond motifs is 1. The molecule has 0 amide bonds. The van der Waals surface area contributed by atoms with Crippen LogP contribution in [-0.4, -0.2) is 9.55 Å². The second-order valence-corrected chi connectivity index (χ2v) is 4.94. The Labute approximate surface area is 80.0 Å². The zero-order valence-electron chi connectivity index (χ0n) is 9.13. The van der Waals surface area contributed by atoms with Gasteiger partial charge in [0.15, 0.2) is 0 Å². The van der Waals surface area contributed by atoms with E-state index in [0.29, 0.717) is 17.4 Å². The third kappa shape index (κ3) is 0.917. The molecular weight excluding hydrogens is 160 g/mol. The van der Waals surface area contributed by atoms with Gasteiger partial charge in [-0.05, 0) is 12.8 Å². The van der Waals surface area contributed by atoms with Gasteiger partial charge in [0.2, 0.25) is 0 Å². The van der Waals surface area contributed by atoms with Crippen LogP contribution in [0.15, 0.2) is 6.33 Å². The van der Waals surface area contributed by atoms with Crippen molar-refractivity contribution in [3.05, 3.63) is 17.7 Å². The number of nitrogens with zero attached hydrogens (tertiary/aromatic N) is 2. The summed E-state index contributed by atoms with van der Waals surface area (Å²) in [5.41, 5.74) is 3.04. The molecular formula is C11H18N2. The van der Waals surface area contributed by atoms with Gasteiger partial charge in [0.1, 0.15) is 0 Å². The summed E-state index contributed by atoms with van der Waals surface area (Å²) in [7, 11) is 0. The zero-order chi connectivity index (χ0) is 9.80. The van der Waals surface area contributed by atoms with Gasteiger partial charge < -0.3 is 4.57 Å². The van der Waals surface area contributed by atoms with Crippen molar-refractivity contribution in [2.45, 2.75) is 52.0 Å². The van der Waals surface area contributed by atoms with Crippen LogP contribution < -0.4 is 0 Å². The van der Waals surface area contributed by atoms with Crippen LogP contribution in [0.2, 0.25) is 0 Å². The quantitative estimate of drug-likeness (QED) is 0.646. The summed E-state index contributed by atoms with van der Waals surface area (Å²) in [6.07, 6.45) is 1.99. The molecule has 0 saturated carbocycles. The molecule has 1 aliphatic rings. The number of hydrogen-bond acceptors (Lipinski definition) is 1. The Morgan fingerprint density at radius 1 is 1.46 bits per heavy atom. The predicted molar refractivity (Wildman–Crippen MR) is 54.1 cm³/mol. The Bertz CT molecular complexity index is 334. The minimum Gasteiger partial charge on any atom is -0.330 e. The van der Waals surface area contributed by atoms with E-state index in [-0.39, 0.29) is 0 Å². The first kappa shape index (κ1) is 8.79. The van der Waals surface area contributed by atoms with Gasteiger partial charge in [-0.3, -0.25) is 0 Å². The largest absolute Gasteiger partial charge is 0.330 e. The molecule has 0 radical (unpaired) electrons. The Hall–Kier alpha value is -0.790. The van der Waals surface area contributed by atoms with Crippen LogP contribution in [0.1, 0.15) is 58.0 Å². The molecule has 1 unspecified atom stereocenters. The van der Waals surface area contributed by atoms with E-state index in [1.54, 1.807) is 0 Å². The molecule has 2 heteroatoms. The van der Waals surface area contributed by atoms with Gasteiger partial charge in [-0.25, -0.2) is 4.98 Å². The normalized spacial score (nSPS) is 24.3. The molecule has 1 aromatic heterocycles. The lowest BCUT2D eigenvalue weighted by atomic mass is 9.73. The van der Waals surface area contributed by atoms with E-state index in [1.165, 1.54) is 11.4 Å². The minimum absolute atomic E-state index is 0.316. The van der Waals surface area contributed by atoms with Gasteiger partial charge in [-0.15, -0.1) is 0 Å². The van der Waals surface area contributed by atoms with Crippen molar-refractivity contribution >= 4 is 0 Å². The van der Waals surface area contributed by atoms with Crippen LogP contribution in [0.4, 0.5) is 0 Å². The van der Waals surface area contributed by atoms with Crippen LogP contribution in [-0.2, 0) is 5.41 Å². The van der Waals surface area contributed by atoms with Gasteiger partial charge in [-0.1, -0.05) is 27.7 Å². The lowest BCUT2D eigenvalue weighted by Gasteiger charge is -2.45. The first-order chi connectivity index (χ1) is 5.96. The van der Waals surface area contributed by atoms with Crippen molar-refractivity contribution in [2.75, 3.05) is 0 Å². The summed E-state index contributed by atoms with van der Waals surface area (Å²) < 4.78 is 2.30. The van der Waals surface area contributed by atoms with Crippen molar-refractivity contribution in [2.24, 2.45) is 0 Å². The van der Waals surface area contributed by atoms with Crippen molar-refractivity contribution < 1.29 is 0 Å². The standard InChI is InChI=1S/C11H18N2/c1-7(2)9-10-11(4,5)8(3)13(10)6-12-9/h6-8H,1-5H3. The summed E-state index contributed by atoms with van der Waals surface area (Å²) in [5.74, 6) is 0.544. The van der Waals surface area contributed by atoms with Gasteiger partial charge in [-0.2, -0.15) is 0 Å². The van der Waals surface area contributed by atoms with Crippen LogP contribution in [0, 0.1) is 0 Å². The van der Waals surface area contributed by atoms with Gasteiger partial charge in [0, 0.05) is 17.2 Å². The third-order valence-electron chi connectivity index (χ3n) is 3.44. The lowest BCUT2D eigenvalue weighted by Crippen LogP contribution is -2.42. The lowest BCUT2D eigenvalue weighted by molar-refractivity contribution is 0.229. The summed E-state index contributed by atoms with van der Waals surface area (Å²) >= 11 is 0. The number of rotatable bonds is 1. The summed E-state index contributed by atoms with van der Waals surface area (Å²) in [5, 5.41) is 0. The van der Waals surface area contributed by atoms with Crippen molar-refractivity contribution in [3.8, 4) is 0 Å². The van der Waals surface area contributed by atoms with E-state index >= 15 is 0 Å². The molecule has 2 rings (SSSR count). The monoisotopic (exact) mass is 178 g/mol. The second-order valence-electron chi connectivity index (χ2n) is 4.94. The topological polar surface area (TPSA) is 17.8 Å². The average Bonchev–Trinajstić information content (AvgIpc) is 2.45. The summed E-state index contributed by atoms with van der Waals surface area (Å²) in [4.78, 5) is 4.49. The summed E-state index contributed by atoms with van der Waals surface area (Å²) in [6.45, 7) is 11.3. The van der Waals surface area contributed by atoms with Crippen molar-refractivity contribution in [1.82, 2.24) is 9.55 Å². The van der Waals surface area contributed by atoms with Crippen LogP contribution in [0.25, 0.3) is 0 Å². The van der Waals surface area contributed by atoms with Crippen molar-refractivity contribution in [3.63, 3.8) is 0 Å². The van der Waals surface area contributed by atoms with Crippen LogP contribution >= 0.6 is 0 Å². The maximum Gasteiger partial charge on any atom is 0.0954 e. The highest BCUT2D eigenvalue weighted by molar-refractivity contribution is 5.33. The molecule has 0 aromatic carbocycles. The van der Waals surface area contributed by atoms with Gasteiger partial charge in [0.05, 0.1) is 12.0 Å². The molecule has 0 saturated heterocycles. The SMILES string of the molecule is CC(C)c1ncn2c1C(C)(C)C2C. The zero-order valence-corrected chi connectivity index (χ0v) is 9.13. The minimum atomic E-state index is 0.316. The maximum atomic E-state index is 4.49. The third-order valence-corrected chi connectivity index (χ3v) is 3.44. The smallest absolute Gasteiger partial charge is 0.0954 e. The first-order valence-electron chi connectivity index (χ1n) is 5.03. The fourth-order valence-electron chi connectivity index (χ4n) is 2.23. The number of hydrogen-bond donors (Lipinski definition) is 0. The predicted octanol–water partition coefficient (Wildman–Crippen LogP) is 2.86. The molecule has 0 fully saturated rings. The molecule has 2 nitrogen and oxygen atoms in total. The molecule has 1 aliphatic heterocycles. The van der Waals surface area contributed by atoms with E-state index in [4.69, 9.17) is 0 Å². The molecule has 0 spiro atoms. The van der Waals surface area contributed by atoms with E-state index in [0.717, 1.165) is 0 Å². The van der Waals surface area contributed by atoms with E-state index in [1.807, 2.05) is 6.33 Å². The van der Waals surface area contributed by atoms with E-state index in [2.05, 4.69) is 44.2 Å². The highest BCUT2D eigenvalue weighted by atomic mass is 15.2. The molecule has 0 bridgehead atoms. The highest BCUT2D eigenvalue weighted by Crippen LogP contribution is 2.47.